The van der Waals surface area contributed by atoms with E-state index in [2.05, 4.69) is 5.32 Å². The second kappa shape index (κ2) is 6.88. The molecule has 0 unspecified atom stereocenters. The lowest BCUT2D eigenvalue weighted by molar-refractivity contribution is -0.384. The van der Waals surface area contributed by atoms with E-state index in [-0.39, 0.29) is 29.0 Å². The Morgan fingerprint density at radius 3 is 2.75 bits per heavy atom. The molecule has 0 radical (unpaired) electrons. The minimum Gasteiger partial charge on any atom is -0.482 e. The molecule has 0 atom stereocenters. The molecule has 7 heteroatoms. The van der Waals surface area contributed by atoms with Crippen LogP contribution in [0, 0.1) is 10.1 Å². The van der Waals surface area contributed by atoms with E-state index in [9.17, 15) is 14.9 Å². The number of carbonyl (C=O) groups excluding carboxylic acids is 1. The highest BCUT2D eigenvalue weighted by molar-refractivity contribution is 6.32. The minimum absolute atomic E-state index is 0.0922. The van der Waals surface area contributed by atoms with Crippen LogP contribution < -0.4 is 10.1 Å². The molecule has 1 aliphatic carbocycles. The van der Waals surface area contributed by atoms with Gasteiger partial charge in [-0.05, 0) is 48.6 Å². The smallest absolute Gasteiger partial charge is 0.271 e. The van der Waals surface area contributed by atoms with Crippen LogP contribution >= 0.6 is 11.6 Å². The van der Waals surface area contributed by atoms with E-state index in [1.54, 1.807) is 0 Å². The molecule has 0 spiro atoms. The average molecular weight is 347 g/mol. The first-order chi connectivity index (χ1) is 11.5. The molecule has 0 bridgehead atoms. The third-order valence-electron chi connectivity index (χ3n) is 3.87. The summed E-state index contributed by atoms with van der Waals surface area (Å²) in [6, 6.07) is 9.74. The average Bonchev–Trinajstić information content (AvgIpc) is 3.01. The van der Waals surface area contributed by atoms with E-state index >= 15 is 0 Å². The summed E-state index contributed by atoms with van der Waals surface area (Å²) in [7, 11) is 0. The fourth-order valence-corrected chi connectivity index (χ4v) is 2.94. The van der Waals surface area contributed by atoms with Gasteiger partial charge in [0.15, 0.2) is 6.61 Å². The number of nitrogens with one attached hydrogen (secondary N) is 1. The zero-order chi connectivity index (χ0) is 17.1. The highest BCUT2D eigenvalue weighted by Gasteiger charge is 2.13. The van der Waals surface area contributed by atoms with Crippen molar-refractivity contribution in [2.24, 2.45) is 0 Å². The van der Waals surface area contributed by atoms with Crippen LogP contribution in [0.15, 0.2) is 36.4 Å². The molecule has 24 heavy (non-hydrogen) atoms. The molecule has 0 fully saturated rings. The highest BCUT2D eigenvalue weighted by Crippen LogP contribution is 2.29. The van der Waals surface area contributed by atoms with Gasteiger partial charge in [0.2, 0.25) is 0 Å². The minimum atomic E-state index is -0.545. The van der Waals surface area contributed by atoms with Crippen LogP contribution in [0.5, 0.6) is 5.75 Å². The Bertz CT molecular complexity index is 807. The standard InChI is InChI=1S/C17H15ClN2O4/c18-15-9-14(20(22)23)6-7-16(15)24-10-17(21)19-13-5-4-11-2-1-3-12(11)8-13/h4-9H,1-3,10H2,(H,19,21). The Kier molecular flexibility index (Phi) is 4.66. The number of rotatable bonds is 5. The first-order valence-electron chi connectivity index (χ1n) is 7.51. The van der Waals surface area contributed by atoms with Crippen molar-refractivity contribution in [3.8, 4) is 5.75 Å². The zero-order valence-corrected chi connectivity index (χ0v) is 13.5. The number of benzene rings is 2. The second-order valence-corrected chi connectivity index (χ2v) is 5.95. The van der Waals surface area contributed by atoms with Gasteiger partial charge >= 0.3 is 0 Å². The Hall–Kier alpha value is -2.60. The summed E-state index contributed by atoms with van der Waals surface area (Å²) < 4.78 is 5.33. The fraction of sp³-hybridized carbons (Fsp3) is 0.235. The van der Waals surface area contributed by atoms with E-state index in [0.717, 1.165) is 24.9 Å². The number of hydrogen-bond acceptors (Lipinski definition) is 4. The monoisotopic (exact) mass is 346 g/mol. The Balaban J connectivity index is 1.59. The van der Waals surface area contributed by atoms with Gasteiger partial charge in [-0.3, -0.25) is 14.9 Å². The van der Waals surface area contributed by atoms with Crippen LogP contribution in [0.25, 0.3) is 0 Å². The van der Waals surface area contributed by atoms with Crippen molar-refractivity contribution >= 4 is 28.9 Å². The SMILES string of the molecule is O=C(COc1ccc([N+](=O)[O-])cc1Cl)Nc1ccc2c(c1)CCC2. The number of ether oxygens (including phenoxy) is 1. The lowest BCUT2D eigenvalue weighted by atomic mass is 10.1. The molecule has 3 rings (SSSR count). The molecular weight excluding hydrogens is 332 g/mol. The molecule has 0 aliphatic heterocycles. The van der Waals surface area contributed by atoms with Gasteiger partial charge < -0.3 is 10.1 Å². The number of halogens is 1. The van der Waals surface area contributed by atoms with Crippen LogP contribution in [-0.4, -0.2) is 17.4 Å². The molecule has 0 saturated carbocycles. The first kappa shape index (κ1) is 16.3. The van der Waals surface area contributed by atoms with Crippen molar-refractivity contribution in [3.05, 3.63) is 62.7 Å². The molecule has 1 amide bonds. The van der Waals surface area contributed by atoms with Crippen LogP contribution in [0.3, 0.4) is 0 Å². The third kappa shape index (κ3) is 3.65. The normalized spacial score (nSPS) is 12.5. The fourth-order valence-electron chi connectivity index (χ4n) is 2.71. The molecule has 124 valence electrons. The Morgan fingerprint density at radius 2 is 2.00 bits per heavy atom. The number of fused-ring (bicyclic) bond motifs is 1. The van der Waals surface area contributed by atoms with Gasteiger partial charge in [0.25, 0.3) is 11.6 Å². The number of aryl methyl sites for hydroxylation is 2. The number of nitro benzene ring substituents is 1. The third-order valence-corrected chi connectivity index (χ3v) is 4.16. The summed E-state index contributed by atoms with van der Waals surface area (Å²) in [5.74, 6) is -0.0891. The van der Waals surface area contributed by atoms with Gasteiger partial charge in [-0.25, -0.2) is 0 Å². The van der Waals surface area contributed by atoms with Crippen LogP contribution in [-0.2, 0) is 17.6 Å². The van der Waals surface area contributed by atoms with Crippen molar-refractivity contribution in [2.75, 3.05) is 11.9 Å². The van der Waals surface area contributed by atoms with Crippen LogP contribution in [0.1, 0.15) is 17.5 Å². The lowest BCUT2D eigenvalue weighted by Crippen LogP contribution is -2.20. The molecule has 0 aromatic heterocycles. The van der Waals surface area contributed by atoms with Crippen molar-refractivity contribution in [3.63, 3.8) is 0 Å². The maximum Gasteiger partial charge on any atom is 0.271 e. The molecule has 1 aliphatic rings. The quantitative estimate of drug-likeness (QED) is 0.660. The molecule has 2 aromatic rings. The summed E-state index contributed by atoms with van der Waals surface area (Å²) in [6.45, 7) is -0.228. The maximum absolute atomic E-state index is 12.0. The predicted octanol–water partition coefficient (Wildman–Crippen LogP) is 3.75. The summed E-state index contributed by atoms with van der Waals surface area (Å²) in [4.78, 5) is 22.1. The summed E-state index contributed by atoms with van der Waals surface area (Å²) in [5.41, 5.74) is 3.21. The molecule has 0 saturated heterocycles. The summed E-state index contributed by atoms with van der Waals surface area (Å²) >= 11 is 5.92. The Morgan fingerprint density at radius 1 is 1.21 bits per heavy atom. The summed E-state index contributed by atoms with van der Waals surface area (Å²) in [5, 5.41) is 13.5. The van der Waals surface area contributed by atoms with Crippen molar-refractivity contribution < 1.29 is 14.5 Å². The van der Waals surface area contributed by atoms with Gasteiger partial charge in [0, 0.05) is 17.8 Å². The number of nitro groups is 1. The van der Waals surface area contributed by atoms with Gasteiger partial charge in [-0.2, -0.15) is 0 Å². The number of non-ortho nitro benzene ring substituents is 1. The topological polar surface area (TPSA) is 81.5 Å². The van der Waals surface area contributed by atoms with Gasteiger partial charge in [0.1, 0.15) is 5.75 Å². The first-order valence-corrected chi connectivity index (χ1v) is 7.89. The summed E-state index contributed by atoms with van der Waals surface area (Å²) in [6.07, 6.45) is 3.27. The molecule has 0 heterocycles. The predicted molar refractivity (Wildman–Crippen MR) is 90.7 cm³/mol. The molecule has 6 nitrogen and oxygen atoms in total. The largest absolute Gasteiger partial charge is 0.482 e. The van der Waals surface area contributed by atoms with Gasteiger partial charge in [0.05, 0.1) is 9.95 Å². The zero-order valence-electron chi connectivity index (χ0n) is 12.8. The van der Waals surface area contributed by atoms with E-state index in [1.807, 2.05) is 18.2 Å². The van der Waals surface area contributed by atoms with Gasteiger partial charge in [-0.15, -0.1) is 0 Å². The second-order valence-electron chi connectivity index (χ2n) is 5.55. The lowest BCUT2D eigenvalue weighted by Gasteiger charge is -2.10. The van der Waals surface area contributed by atoms with Gasteiger partial charge in [-0.1, -0.05) is 17.7 Å². The van der Waals surface area contributed by atoms with Crippen molar-refractivity contribution in [2.45, 2.75) is 19.3 Å². The van der Waals surface area contributed by atoms with Crippen LogP contribution in [0.2, 0.25) is 5.02 Å². The van der Waals surface area contributed by atoms with E-state index in [1.165, 1.54) is 29.3 Å². The van der Waals surface area contributed by atoms with Crippen LogP contribution in [0.4, 0.5) is 11.4 Å². The molecular formula is C17H15ClN2O4. The highest BCUT2D eigenvalue weighted by atomic mass is 35.5. The van der Waals surface area contributed by atoms with Crippen molar-refractivity contribution in [1.82, 2.24) is 0 Å². The Labute approximate surface area is 143 Å². The van der Waals surface area contributed by atoms with E-state index < -0.39 is 4.92 Å². The van der Waals surface area contributed by atoms with Crippen molar-refractivity contribution in [1.29, 1.82) is 0 Å². The number of carbonyl (C=O) groups is 1. The number of anilines is 1. The number of hydrogen-bond donors (Lipinski definition) is 1. The maximum atomic E-state index is 12.0. The number of nitrogens with zero attached hydrogens (tertiary/aromatic N) is 1. The number of amides is 1. The molecule has 1 N–H and O–H groups in total. The van der Waals surface area contributed by atoms with E-state index in [4.69, 9.17) is 16.3 Å². The molecule has 2 aromatic carbocycles. The van der Waals surface area contributed by atoms with E-state index in [0.29, 0.717) is 0 Å².